The fourth-order valence-corrected chi connectivity index (χ4v) is 4.02. The van der Waals surface area contributed by atoms with Crippen LogP contribution in [0.1, 0.15) is 32.3 Å². The summed E-state index contributed by atoms with van der Waals surface area (Å²) in [7, 11) is 1.95. The van der Waals surface area contributed by atoms with Crippen molar-refractivity contribution in [3.05, 3.63) is 70.3 Å². The molecule has 0 N–H and O–H groups in total. The van der Waals surface area contributed by atoms with E-state index in [0.29, 0.717) is 13.0 Å². The van der Waals surface area contributed by atoms with Gasteiger partial charge in [-0.05, 0) is 36.2 Å². The van der Waals surface area contributed by atoms with Gasteiger partial charge in [-0.15, -0.1) is 0 Å². The van der Waals surface area contributed by atoms with Crippen LogP contribution in [0, 0.1) is 0 Å². The van der Waals surface area contributed by atoms with Crippen LogP contribution < -0.4 is 9.64 Å². The molecule has 2 aromatic rings. The van der Waals surface area contributed by atoms with E-state index in [2.05, 4.69) is 35.8 Å². The largest absolute Gasteiger partial charge is 0.494 e. The molecule has 1 aliphatic rings. The zero-order valence-electron chi connectivity index (χ0n) is 17.5. The van der Waals surface area contributed by atoms with Crippen molar-refractivity contribution in [1.82, 2.24) is 0 Å². The zero-order valence-corrected chi connectivity index (χ0v) is 19.1. The predicted molar refractivity (Wildman–Crippen MR) is 121 cm³/mol. The zero-order chi connectivity index (χ0) is 21.7. The highest BCUT2D eigenvalue weighted by molar-refractivity contribution is 9.10. The van der Waals surface area contributed by atoms with Gasteiger partial charge in [0.05, 0.1) is 6.61 Å². The first kappa shape index (κ1) is 22.1. The van der Waals surface area contributed by atoms with Crippen LogP contribution in [0.5, 0.6) is 5.75 Å². The molecule has 0 amide bonds. The Morgan fingerprint density at radius 1 is 1.13 bits per heavy atom. The Morgan fingerprint density at radius 3 is 2.63 bits per heavy atom. The van der Waals surface area contributed by atoms with Crippen LogP contribution in [0.15, 0.2) is 64.8 Å². The molecule has 0 saturated heterocycles. The van der Waals surface area contributed by atoms with Gasteiger partial charge < -0.3 is 14.4 Å². The lowest BCUT2D eigenvalue weighted by Crippen LogP contribution is -2.25. The topological polar surface area (TPSA) is 55.8 Å². The highest BCUT2D eigenvalue weighted by atomic mass is 79.9. The van der Waals surface area contributed by atoms with Crippen LogP contribution in [-0.2, 0) is 19.7 Å². The van der Waals surface area contributed by atoms with E-state index in [4.69, 9.17) is 9.47 Å². The molecule has 0 spiro atoms. The first-order chi connectivity index (χ1) is 14.3. The standard InChI is InChI=1S/C24H26BrNO4/c1-24(2)20-10-4-5-11-21(20)26(3)22(24)15-18(27)16-30-23(28)12-7-13-29-19-9-6-8-17(25)14-19/h4-6,8-11,14-15H,7,12-13,16H2,1-3H3. The quantitative estimate of drug-likeness (QED) is 0.307. The van der Waals surface area contributed by atoms with Gasteiger partial charge in [-0.1, -0.05) is 54.0 Å². The van der Waals surface area contributed by atoms with Crippen molar-refractivity contribution in [2.45, 2.75) is 32.1 Å². The first-order valence-corrected chi connectivity index (χ1v) is 10.7. The van der Waals surface area contributed by atoms with Crippen LogP contribution in [-0.4, -0.2) is 32.0 Å². The van der Waals surface area contributed by atoms with Crippen molar-refractivity contribution in [3.8, 4) is 5.75 Å². The number of halogens is 1. The van der Waals surface area contributed by atoms with Gasteiger partial charge in [0.2, 0.25) is 0 Å². The summed E-state index contributed by atoms with van der Waals surface area (Å²) in [5.41, 5.74) is 2.87. The second kappa shape index (κ2) is 9.47. The van der Waals surface area contributed by atoms with Crippen molar-refractivity contribution in [3.63, 3.8) is 0 Å². The molecule has 158 valence electrons. The number of allylic oxidation sites excluding steroid dienone is 1. The summed E-state index contributed by atoms with van der Waals surface area (Å²) in [6.45, 7) is 4.33. The van der Waals surface area contributed by atoms with Gasteiger partial charge in [-0.3, -0.25) is 9.59 Å². The van der Waals surface area contributed by atoms with Gasteiger partial charge in [-0.2, -0.15) is 0 Å². The van der Waals surface area contributed by atoms with E-state index in [-0.39, 0.29) is 24.2 Å². The van der Waals surface area contributed by atoms with Crippen molar-refractivity contribution >= 4 is 33.4 Å². The lowest BCUT2D eigenvalue weighted by atomic mass is 9.83. The van der Waals surface area contributed by atoms with E-state index >= 15 is 0 Å². The monoisotopic (exact) mass is 471 g/mol. The maximum atomic E-state index is 12.4. The Kier molecular flexibility index (Phi) is 6.98. The molecule has 0 atom stereocenters. The number of esters is 1. The number of likely N-dealkylation sites (N-methyl/N-ethyl adjacent to an activating group) is 1. The Bertz CT molecular complexity index is 967. The van der Waals surface area contributed by atoms with Gasteiger partial charge in [0.15, 0.2) is 12.4 Å². The SMILES string of the molecule is CN1C(=CC(=O)COC(=O)CCCOc2cccc(Br)c2)C(C)(C)c2ccccc21. The molecular formula is C24H26BrNO4. The van der Waals surface area contributed by atoms with Gasteiger partial charge in [-0.25, -0.2) is 0 Å². The maximum Gasteiger partial charge on any atom is 0.306 e. The number of ketones is 1. The summed E-state index contributed by atoms with van der Waals surface area (Å²) in [4.78, 5) is 26.4. The van der Waals surface area contributed by atoms with E-state index in [1.165, 1.54) is 5.56 Å². The van der Waals surface area contributed by atoms with Gasteiger partial charge >= 0.3 is 5.97 Å². The van der Waals surface area contributed by atoms with E-state index in [9.17, 15) is 9.59 Å². The minimum Gasteiger partial charge on any atom is -0.494 e. The average molecular weight is 472 g/mol. The summed E-state index contributed by atoms with van der Waals surface area (Å²) in [6, 6.07) is 15.6. The molecule has 0 bridgehead atoms. The average Bonchev–Trinajstić information content (AvgIpc) is 2.91. The van der Waals surface area contributed by atoms with Gasteiger partial charge in [0, 0.05) is 40.8 Å². The Labute approximate surface area is 185 Å². The second-order valence-corrected chi connectivity index (χ2v) is 8.68. The number of nitrogens with zero attached hydrogens (tertiary/aromatic N) is 1. The van der Waals surface area contributed by atoms with Crippen LogP contribution in [0.3, 0.4) is 0 Å². The van der Waals surface area contributed by atoms with Crippen molar-refractivity contribution in [1.29, 1.82) is 0 Å². The van der Waals surface area contributed by atoms with Crippen LogP contribution in [0.2, 0.25) is 0 Å². The molecule has 0 fully saturated rings. The van der Waals surface area contributed by atoms with E-state index < -0.39 is 5.97 Å². The normalized spacial score (nSPS) is 15.7. The van der Waals surface area contributed by atoms with E-state index in [0.717, 1.165) is 21.6 Å². The minimum absolute atomic E-state index is 0.203. The molecule has 1 heterocycles. The van der Waals surface area contributed by atoms with Gasteiger partial charge in [0.25, 0.3) is 0 Å². The predicted octanol–water partition coefficient (Wildman–Crippen LogP) is 5.03. The molecule has 2 aromatic carbocycles. The number of rotatable bonds is 8. The number of hydrogen-bond acceptors (Lipinski definition) is 5. The molecule has 30 heavy (non-hydrogen) atoms. The highest BCUT2D eigenvalue weighted by Gasteiger charge is 2.38. The number of para-hydroxylation sites is 1. The molecule has 6 heteroatoms. The number of benzene rings is 2. The second-order valence-electron chi connectivity index (χ2n) is 7.77. The fraction of sp³-hybridized carbons (Fsp3) is 0.333. The molecule has 0 aliphatic carbocycles. The third kappa shape index (κ3) is 5.11. The molecule has 0 saturated carbocycles. The summed E-state index contributed by atoms with van der Waals surface area (Å²) in [6.07, 6.45) is 2.31. The summed E-state index contributed by atoms with van der Waals surface area (Å²) >= 11 is 3.38. The lowest BCUT2D eigenvalue weighted by Gasteiger charge is -2.23. The van der Waals surface area contributed by atoms with Crippen molar-refractivity contribution in [2.75, 3.05) is 25.2 Å². The molecule has 5 nitrogen and oxygen atoms in total. The lowest BCUT2D eigenvalue weighted by molar-refractivity contribution is -0.147. The number of fused-ring (bicyclic) bond motifs is 1. The summed E-state index contributed by atoms with van der Waals surface area (Å²) in [5.74, 6) is 0.113. The number of ether oxygens (including phenoxy) is 2. The molecular weight excluding hydrogens is 446 g/mol. The molecule has 3 rings (SSSR count). The Hall–Kier alpha value is -2.60. The number of carbonyl (C=O) groups excluding carboxylic acids is 2. The van der Waals surface area contributed by atoms with Crippen LogP contribution in [0.4, 0.5) is 5.69 Å². The minimum atomic E-state index is -0.401. The number of hydrogen-bond donors (Lipinski definition) is 0. The third-order valence-corrected chi connectivity index (χ3v) is 5.70. The van der Waals surface area contributed by atoms with E-state index in [1.54, 1.807) is 6.08 Å². The van der Waals surface area contributed by atoms with Crippen LogP contribution >= 0.6 is 15.9 Å². The number of carbonyl (C=O) groups is 2. The Balaban J connectivity index is 1.46. The fourth-order valence-electron chi connectivity index (χ4n) is 3.64. The molecule has 1 aliphatic heterocycles. The summed E-state index contributed by atoms with van der Waals surface area (Å²) in [5, 5.41) is 0. The maximum absolute atomic E-state index is 12.4. The molecule has 0 radical (unpaired) electrons. The molecule has 0 aromatic heterocycles. The highest BCUT2D eigenvalue weighted by Crippen LogP contribution is 2.46. The van der Waals surface area contributed by atoms with Crippen molar-refractivity contribution in [2.24, 2.45) is 0 Å². The smallest absolute Gasteiger partial charge is 0.306 e. The number of anilines is 1. The molecule has 0 unspecified atom stereocenters. The third-order valence-electron chi connectivity index (χ3n) is 5.20. The Morgan fingerprint density at radius 2 is 1.90 bits per heavy atom. The van der Waals surface area contributed by atoms with Crippen LogP contribution in [0.25, 0.3) is 0 Å². The van der Waals surface area contributed by atoms with Crippen molar-refractivity contribution < 1.29 is 19.1 Å². The first-order valence-electron chi connectivity index (χ1n) is 9.91. The van der Waals surface area contributed by atoms with E-state index in [1.807, 2.05) is 54.4 Å². The summed E-state index contributed by atoms with van der Waals surface area (Å²) < 4.78 is 11.7. The van der Waals surface area contributed by atoms with Gasteiger partial charge in [0.1, 0.15) is 5.75 Å².